The van der Waals surface area contributed by atoms with Gasteiger partial charge in [0.15, 0.2) is 0 Å². The quantitative estimate of drug-likeness (QED) is 0.731. The second kappa shape index (κ2) is 7.25. The molecular formula is C13H27NO2. The van der Waals surface area contributed by atoms with Crippen molar-refractivity contribution in [3.8, 4) is 0 Å². The molecular weight excluding hydrogens is 202 g/mol. The van der Waals surface area contributed by atoms with E-state index in [1.54, 1.807) is 0 Å². The van der Waals surface area contributed by atoms with E-state index in [4.69, 9.17) is 4.74 Å². The third-order valence-electron chi connectivity index (χ3n) is 3.21. The van der Waals surface area contributed by atoms with Gasteiger partial charge < -0.3 is 15.2 Å². The van der Waals surface area contributed by atoms with Gasteiger partial charge in [0, 0.05) is 19.2 Å². The monoisotopic (exact) mass is 229 g/mol. The standard InChI is InChI=1S/C13H27NO2/c1-4-13-8-11(5-6-16-13)14-9-12(15)7-10(2)3/h10-15H,4-9H2,1-3H3. The van der Waals surface area contributed by atoms with E-state index in [1.807, 2.05) is 0 Å². The van der Waals surface area contributed by atoms with Crippen LogP contribution in [0.2, 0.25) is 0 Å². The molecule has 1 fully saturated rings. The van der Waals surface area contributed by atoms with Crippen molar-refractivity contribution in [1.82, 2.24) is 5.32 Å². The van der Waals surface area contributed by atoms with Crippen LogP contribution in [0.5, 0.6) is 0 Å². The van der Waals surface area contributed by atoms with Crippen LogP contribution >= 0.6 is 0 Å². The second-order valence-electron chi connectivity index (χ2n) is 5.31. The fourth-order valence-electron chi connectivity index (χ4n) is 2.28. The predicted octanol–water partition coefficient (Wildman–Crippen LogP) is 1.94. The van der Waals surface area contributed by atoms with Crippen molar-refractivity contribution in [3.63, 3.8) is 0 Å². The number of aliphatic hydroxyl groups excluding tert-OH is 1. The van der Waals surface area contributed by atoms with E-state index in [0.29, 0.717) is 18.1 Å². The summed E-state index contributed by atoms with van der Waals surface area (Å²) >= 11 is 0. The summed E-state index contributed by atoms with van der Waals surface area (Å²) in [6.07, 6.45) is 4.34. The first kappa shape index (κ1) is 13.9. The first-order chi connectivity index (χ1) is 7.61. The van der Waals surface area contributed by atoms with Gasteiger partial charge in [0.05, 0.1) is 12.2 Å². The van der Waals surface area contributed by atoms with Crippen LogP contribution in [-0.2, 0) is 4.74 Å². The number of ether oxygens (including phenoxy) is 1. The Morgan fingerprint density at radius 3 is 2.81 bits per heavy atom. The first-order valence-electron chi connectivity index (χ1n) is 6.64. The van der Waals surface area contributed by atoms with E-state index in [9.17, 15) is 5.11 Å². The molecule has 1 aliphatic heterocycles. The van der Waals surface area contributed by atoms with E-state index >= 15 is 0 Å². The molecule has 0 saturated carbocycles. The van der Waals surface area contributed by atoms with E-state index in [0.717, 1.165) is 38.8 Å². The number of nitrogens with one attached hydrogen (secondary N) is 1. The van der Waals surface area contributed by atoms with E-state index in [1.165, 1.54) is 0 Å². The Morgan fingerprint density at radius 1 is 1.44 bits per heavy atom. The summed E-state index contributed by atoms with van der Waals surface area (Å²) in [7, 11) is 0. The van der Waals surface area contributed by atoms with Crippen LogP contribution in [0, 0.1) is 5.92 Å². The van der Waals surface area contributed by atoms with Gasteiger partial charge in [-0.1, -0.05) is 20.8 Å². The molecule has 3 heteroatoms. The molecule has 3 nitrogen and oxygen atoms in total. The Hall–Kier alpha value is -0.120. The largest absolute Gasteiger partial charge is 0.392 e. The van der Waals surface area contributed by atoms with Gasteiger partial charge >= 0.3 is 0 Å². The lowest BCUT2D eigenvalue weighted by Gasteiger charge is -2.30. The lowest BCUT2D eigenvalue weighted by atomic mass is 10.0. The van der Waals surface area contributed by atoms with Gasteiger partial charge in [-0.05, 0) is 31.6 Å². The summed E-state index contributed by atoms with van der Waals surface area (Å²) in [5.41, 5.74) is 0. The molecule has 0 radical (unpaired) electrons. The number of hydrogen-bond acceptors (Lipinski definition) is 3. The Kier molecular flexibility index (Phi) is 6.32. The maximum atomic E-state index is 9.78. The summed E-state index contributed by atoms with van der Waals surface area (Å²) in [6.45, 7) is 8.03. The number of hydrogen-bond donors (Lipinski definition) is 2. The summed E-state index contributed by atoms with van der Waals surface area (Å²) < 4.78 is 5.63. The van der Waals surface area contributed by atoms with Crippen molar-refractivity contribution < 1.29 is 9.84 Å². The van der Waals surface area contributed by atoms with Crippen LogP contribution < -0.4 is 5.32 Å². The fraction of sp³-hybridized carbons (Fsp3) is 1.00. The summed E-state index contributed by atoms with van der Waals surface area (Å²) in [5, 5.41) is 13.2. The van der Waals surface area contributed by atoms with Crippen LogP contribution in [0.1, 0.15) is 46.5 Å². The van der Waals surface area contributed by atoms with Gasteiger partial charge in [-0.2, -0.15) is 0 Å². The Morgan fingerprint density at radius 2 is 2.19 bits per heavy atom. The molecule has 1 saturated heterocycles. The van der Waals surface area contributed by atoms with Crippen molar-refractivity contribution in [2.75, 3.05) is 13.2 Å². The second-order valence-corrected chi connectivity index (χ2v) is 5.31. The SMILES string of the molecule is CCC1CC(NCC(O)CC(C)C)CCO1. The maximum absolute atomic E-state index is 9.78. The Balaban J connectivity index is 2.16. The minimum atomic E-state index is -0.206. The van der Waals surface area contributed by atoms with Crippen LogP contribution in [0.25, 0.3) is 0 Å². The highest BCUT2D eigenvalue weighted by Gasteiger charge is 2.21. The molecule has 0 amide bonds. The highest BCUT2D eigenvalue weighted by molar-refractivity contribution is 4.77. The molecule has 0 bridgehead atoms. The van der Waals surface area contributed by atoms with Crippen LogP contribution in [0.3, 0.4) is 0 Å². The summed E-state index contributed by atoms with van der Waals surface area (Å²) in [6, 6.07) is 0.528. The highest BCUT2D eigenvalue weighted by atomic mass is 16.5. The normalized spacial score (nSPS) is 28.3. The van der Waals surface area contributed by atoms with E-state index in [2.05, 4.69) is 26.1 Å². The van der Waals surface area contributed by atoms with Crippen molar-refractivity contribution in [1.29, 1.82) is 0 Å². The number of aliphatic hydroxyl groups is 1. The molecule has 1 rings (SSSR count). The molecule has 0 aromatic heterocycles. The van der Waals surface area contributed by atoms with Crippen molar-refractivity contribution >= 4 is 0 Å². The minimum absolute atomic E-state index is 0.206. The van der Waals surface area contributed by atoms with E-state index in [-0.39, 0.29) is 6.10 Å². The molecule has 0 aromatic rings. The molecule has 2 N–H and O–H groups in total. The smallest absolute Gasteiger partial charge is 0.0667 e. The van der Waals surface area contributed by atoms with Crippen LogP contribution in [-0.4, -0.2) is 36.5 Å². The van der Waals surface area contributed by atoms with Gasteiger partial charge in [-0.3, -0.25) is 0 Å². The predicted molar refractivity (Wildman–Crippen MR) is 66.5 cm³/mol. The van der Waals surface area contributed by atoms with Gasteiger partial charge in [0.1, 0.15) is 0 Å². The summed E-state index contributed by atoms with van der Waals surface area (Å²) in [5.74, 6) is 0.565. The average molecular weight is 229 g/mol. The lowest BCUT2D eigenvalue weighted by molar-refractivity contribution is -0.00237. The van der Waals surface area contributed by atoms with Crippen molar-refractivity contribution in [3.05, 3.63) is 0 Å². The maximum Gasteiger partial charge on any atom is 0.0667 e. The number of rotatable bonds is 6. The van der Waals surface area contributed by atoms with Gasteiger partial charge in [0.25, 0.3) is 0 Å². The van der Waals surface area contributed by atoms with Crippen LogP contribution in [0.4, 0.5) is 0 Å². The molecule has 3 unspecified atom stereocenters. The molecule has 96 valence electrons. The van der Waals surface area contributed by atoms with Gasteiger partial charge in [-0.25, -0.2) is 0 Å². The zero-order chi connectivity index (χ0) is 12.0. The first-order valence-corrected chi connectivity index (χ1v) is 6.64. The molecule has 0 spiro atoms. The average Bonchev–Trinajstić information content (AvgIpc) is 2.26. The molecule has 3 atom stereocenters. The third-order valence-corrected chi connectivity index (χ3v) is 3.21. The minimum Gasteiger partial charge on any atom is -0.392 e. The molecule has 16 heavy (non-hydrogen) atoms. The Labute approximate surface area is 99.6 Å². The van der Waals surface area contributed by atoms with Crippen LogP contribution in [0.15, 0.2) is 0 Å². The van der Waals surface area contributed by atoms with Gasteiger partial charge in [-0.15, -0.1) is 0 Å². The highest BCUT2D eigenvalue weighted by Crippen LogP contribution is 2.16. The third kappa shape index (κ3) is 5.28. The zero-order valence-electron chi connectivity index (χ0n) is 10.9. The van der Waals surface area contributed by atoms with Gasteiger partial charge in [0.2, 0.25) is 0 Å². The van der Waals surface area contributed by atoms with Crippen molar-refractivity contribution in [2.45, 2.75) is 64.7 Å². The topological polar surface area (TPSA) is 41.5 Å². The molecule has 1 heterocycles. The van der Waals surface area contributed by atoms with Crippen molar-refractivity contribution in [2.24, 2.45) is 5.92 Å². The summed E-state index contributed by atoms with van der Waals surface area (Å²) in [4.78, 5) is 0. The Bertz CT molecular complexity index is 185. The molecule has 0 aliphatic carbocycles. The molecule has 1 aliphatic rings. The lowest BCUT2D eigenvalue weighted by Crippen LogP contribution is -2.42. The fourth-order valence-corrected chi connectivity index (χ4v) is 2.28. The zero-order valence-corrected chi connectivity index (χ0v) is 10.9. The molecule has 0 aromatic carbocycles. The van der Waals surface area contributed by atoms with E-state index < -0.39 is 0 Å².